The molecule has 0 spiro atoms. The topological polar surface area (TPSA) is 62.1 Å². The highest BCUT2D eigenvalue weighted by atomic mass is 127. The van der Waals surface area contributed by atoms with E-state index in [9.17, 15) is 10.1 Å². The molecule has 1 N–H and O–H groups in total. The quantitative estimate of drug-likeness (QED) is 0.127. The predicted molar refractivity (Wildman–Crippen MR) is 153 cm³/mol. The van der Waals surface area contributed by atoms with Gasteiger partial charge in [0.15, 0.2) is 0 Å². The molecule has 6 heteroatoms. The van der Waals surface area contributed by atoms with Crippen molar-refractivity contribution in [1.82, 2.24) is 0 Å². The summed E-state index contributed by atoms with van der Waals surface area (Å²) in [6, 6.07) is 27.8. The second-order valence-electron chi connectivity index (χ2n) is 7.92. The summed E-state index contributed by atoms with van der Waals surface area (Å²) in [6.07, 6.45) is 2.50. The molecule has 1 amide bonds. The highest BCUT2D eigenvalue weighted by molar-refractivity contribution is 14.1. The number of halogens is 2. The van der Waals surface area contributed by atoms with E-state index >= 15 is 0 Å². The second-order valence-corrected chi connectivity index (χ2v) is 9.93. The van der Waals surface area contributed by atoms with Gasteiger partial charge in [0.1, 0.15) is 24.0 Å². The van der Waals surface area contributed by atoms with Crippen molar-refractivity contribution in [1.29, 1.82) is 5.26 Å². The molecule has 0 bridgehead atoms. The molecule has 0 aliphatic rings. The van der Waals surface area contributed by atoms with Crippen LogP contribution < -0.4 is 10.1 Å². The maximum absolute atomic E-state index is 12.7. The number of hydrogen-bond donors (Lipinski definition) is 1. The molecule has 0 saturated heterocycles. The molecule has 4 rings (SSSR count). The van der Waals surface area contributed by atoms with Crippen molar-refractivity contribution in [2.24, 2.45) is 0 Å². The maximum atomic E-state index is 12.7. The number of nitriles is 1. The smallest absolute Gasteiger partial charge is 0.266 e. The summed E-state index contributed by atoms with van der Waals surface area (Å²) >= 11 is 5.80. The highest BCUT2D eigenvalue weighted by Gasteiger charge is 2.13. The van der Waals surface area contributed by atoms with Crippen molar-refractivity contribution in [2.45, 2.75) is 20.0 Å². The lowest BCUT2D eigenvalue weighted by atomic mass is 10.1. The molecule has 0 radical (unpaired) electrons. The minimum Gasteiger partial charge on any atom is -0.487 e. The van der Waals surface area contributed by atoms with E-state index in [1.54, 1.807) is 6.08 Å². The van der Waals surface area contributed by atoms with Gasteiger partial charge in [-0.2, -0.15) is 5.26 Å². The molecule has 35 heavy (non-hydrogen) atoms. The normalized spacial score (nSPS) is 11.2. The molecule has 0 fully saturated rings. The first-order chi connectivity index (χ1) is 17.0. The Morgan fingerprint density at radius 2 is 1.83 bits per heavy atom. The zero-order valence-electron chi connectivity index (χ0n) is 19.0. The van der Waals surface area contributed by atoms with Gasteiger partial charge in [-0.15, -0.1) is 0 Å². The number of hydrogen-bond acceptors (Lipinski definition) is 3. The first-order valence-electron chi connectivity index (χ1n) is 11.1. The van der Waals surface area contributed by atoms with Crippen LogP contribution in [0.3, 0.4) is 0 Å². The molecule has 4 aromatic carbocycles. The van der Waals surface area contributed by atoms with E-state index in [1.165, 1.54) is 10.9 Å². The van der Waals surface area contributed by atoms with Crippen LogP contribution in [0.4, 0.5) is 5.69 Å². The molecule has 0 saturated carbocycles. The zero-order chi connectivity index (χ0) is 24.8. The van der Waals surface area contributed by atoms with Crippen LogP contribution in [0.2, 0.25) is 0 Å². The van der Waals surface area contributed by atoms with E-state index < -0.39 is 5.91 Å². The zero-order valence-corrected chi connectivity index (χ0v) is 22.8. The van der Waals surface area contributed by atoms with Crippen LogP contribution >= 0.6 is 38.5 Å². The minimum absolute atomic E-state index is 0.0247. The van der Waals surface area contributed by atoms with Crippen molar-refractivity contribution < 1.29 is 9.53 Å². The van der Waals surface area contributed by atoms with Crippen LogP contribution in [0.5, 0.6) is 5.75 Å². The number of aryl methyl sites for hydroxylation is 1. The van der Waals surface area contributed by atoms with Crippen LogP contribution in [0.1, 0.15) is 23.6 Å². The number of amides is 1. The van der Waals surface area contributed by atoms with Gasteiger partial charge < -0.3 is 10.1 Å². The molecular formula is C29H22BrIN2O2. The Balaban J connectivity index is 1.51. The van der Waals surface area contributed by atoms with E-state index in [-0.39, 0.29) is 5.57 Å². The van der Waals surface area contributed by atoms with Crippen LogP contribution in [-0.4, -0.2) is 5.91 Å². The van der Waals surface area contributed by atoms with Gasteiger partial charge in [0.05, 0.1) is 8.04 Å². The van der Waals surface area contributed by atoms with Gasteiger partial charge in [-0.3, -0.25) is 4.79 Å². The summed E-state index contributed by atoms with van der Waals surface area (Å²) in [7, 11) is 0. The molecule has 0 aliphatic heterocycles. The fourth-order valence-electron chi connectivity index (χ4n) is 3.71. The number of carbonyl (C=O) groups is 1. The van der Waals surface area contributed by atoms with Crippen LogP contribution in [0.15, 0.2) is 88.9 Å². The molecule has 0 aromatic heterocycles. The molecule has 0 unspecified atom stereocenters. The van der Waals surface area contributed by atoms with Gasteiger partial charge in [0.25, 0.3) is 5.91 Å². The average Bonchev–Trinajstić information content (AvgIpc) is 2.87. The van der Waals surface area contributed by atoms with Crippen molar-refractivity contribution in [3.05, 3.63) is 109 Å². The molecule has 4 nitrogen and oxygen atoms in total. The molecule has 4 aromatic rings. The number of nitrogens with one attached hydrogen (secondary N) is 1. The maximum Gasteiger partial charge on any atom is 0.266 e. The van der Waals surface area contributed by atoms with Crippen molar-refractivity contribution in [3.8, 4) is 11.8 Å². The minimum atomic E-state index is -0.445. The first-order valence-corrected chi connectivity index (χ1v) is 13.0. The van der Waals surface area contributed by atoms with E-state index in [0.29, 0.717) is 12.3 Å². The molecule has 0 heterocycles. The third-order valence-corrected chi connectivity index (χ3v) is 6.96. The molecule has 0 aliphatic carbocycles. The Hall–Kier alpha value is -3.15. The predicted octanol–water partition coefficient (Wildman–Crippen LogP) is 7.89. The van der Waals surface area contributed by atoms with Crippen LogP contribution in [-0.2, 0) is 17.8 Å². The van der Waals surface area contributed by atoms with Crippen molar-refractivity contribution in [2.75, 3.05) is 5.32 Å². The Labute approximate surface area is 226 Å². The summed E-state index contributed by atoms with van der Waals surface area (Å²) in [4.78, 5) is 12.7. The third-order valence-electron chi connectivity index (χ3n) is 5.57. The fraction of sp³-hybridized carbons (Fsp3) is 0.103. The molecule has 174 valence electrons. The van der Waals surface area contributed by atoms with Crippen LogP contribution in [0.25, 0.3) is 16.8 Å². The number of fused-ring (bicyclic) bond motifs is 1. The lowest BCUT2D eigenvalue weighted by Gasteiger charge is -2.13. The fourth-order valence-corrected chi connectivity index (χ4v) is 5.48. The molecular weight excluding hydrogens is 615 g/mol. The van der Waals surface area contributed by atoms with Gasteiger partial charge in [-0.1, -0.05) is 61.5 Å². The number of carbonyl (C=O) groups excluding carboxylic acids is 1. The van der Waals surface area contributed by atoms with E-state index in [4.69, 9.17) is 4.74 Å². The van der Waals surface area contributed by atoms with Crippen LogP contribution in [0, 0.1) is 14.9 Å². The number of ether oxygens (including phenoxy) is 1. The lowest BCUT2D eigenvalue weighted by molar-refractivity contribution is -0.112. The standard InChI is InChI=1S/C29H22BrIN2O2/c1-2-19-10-12-24(13-11-19)33-29(34)23(17-32)14-20-15-26(30)28(27(31)16-20)35-18-22-8-5-7-21-6-3-4-9-25(21)22/h3-16H,2,18H2,1H3,(H,33,34)/b23-14+. The van der Waals surface area contributed by atoms with Gasteiger partial charge in [0, 0.05) is 5.69 Å². The van der Waals surface area contributed by atoms with E-state index in [1.807, 2.05) is 60.7 Å². The Morgan fingerprint density at radius 3 is 2.54 bits per heavy atom. The van der Waals surface area contributed by atoms with Gasteiger partial charge in [-0.05, 0) is 103 Å². The largest absolute Gasteiger partial charge is 0.487 e. The summed E-state index contributed by atoms with van der Waals surface area (Å²) in [5.74, 6) is 0.272. The SMILES string of the molecule is CCc1ccc(NC(=O)/C(C#N)=C/c2cc(Br)c(OCc3cccc4ccccc34)c(I)c2)cc1. The Kier molecular flexibility index (Phi) is 8.21. The third kappa shape index (κ3) is 6.11. The second kappa shape index (κ2) is 11.5. The summed E-state index contributed by atoms with van der Waals surface area (Å²) in [5.41, 5.74) is 3.69. The van der Waals surface area contributed by atoms with E-state index in [0.717, 1.165) is 36.7 Å². The van der Waals surface area contributed by atoms with Crippen molar-refractivity contribution >= 4 is 67.0 Å². The number of nitrogens with zero attached hydrogens (tertiary/aromatic N) is 1. The summed E-state index contributed by atoms with van der Waals surface area (Å²) < 4.78 is 7.80. The Bertz CT molecular complexity index is 1430. The average molecular weight is 637 g/mol. The van der Waals surface area contributed by atoms with Gasteiger partial charge >= 0.3 is 0 Å². The van der Waals surface area contributed by atoms with E-state index in [2.05, 4.69) is 75.0 Å². The Morgan fingerprint density at radius 1 is 1.09 bits per heavy atom. The van der Waals surface area contributed by atoms with Gasteiger partial charge in [0.2, 0.25) is 0 Å². The number of benzene rings is 4. The summed E-state index contributed by atoms with van der Waals surface area (Å²) in [6.45, 7) is 2.50. The highest BCUT2D eigenvalue weighted by Crippen LogP contribution is 2.34. The van der Waals surface area contributed by atoms with Gasteiger partial charge in [-0.25, -0.2) is 0 Å². The van der Waals surface area contributed by atoms with Crippen molar-refractivity contribution in [3.63, 3.8) is 0 Å². The summed E-state index contributed by atoms with van der Waals surface area (Å²) in [5, 5.41) is 14.7. The lowest BCUT2D eigenvalue weighted by Crippen LogP contribution is -2.13. The molecule has 0 atom stereocenters. The first kappa shape index (κ1) is 25.0. The number of anilines is 1. The monoisotopic (exact) mass is 636 g/mol. The number of rotatable bonds is 7.